The van der Waals surface area contributed by atoms with Crippen LogP contribution in [0.25, 0.3) is 10.8 Å². The second-order valence-corrected chi connectivity index (χ2v) is 7.35. The number of aromatic nitrogens is 1. The van der Waals surface area contributed by atoms with E-state index in [0.717, 1.165) is 53.9 Å². The van der Waals surface area contributed by atoms with E-state index in [4.69, 9.17) is 4.74 Å². The molecule has 0 aliphatic carbocycles. The van der Waals surface area contributed by atoms with E-state index in [1.807, 2.05) is 25.1 Å². The molecule has 0 bridgehead atoms. The number of H-pyrrole nitrogens is 1. The van der Waals surface area contributed by atoms with Crippen LogP contribution in [0.15, 0.2) is 29.2 Å². The molecule has 130 valence electrons. The fraction of sp³-hybridized carbons (Fsp3) is 0.550. The second-order valence-electron chi connectivity index (χ2n) is 7.35. The molecule has 2 aromatic rings. The van der Waals surface area contributed by atoms with Gasteiger partial charge in [-0.1, -0.05) is 13.8 Å². The third-order valence-corrected chi connectivity index (χ3v) is 4.94. The molecule has 0 atom stereocenters. The molecule has 1 saturated heterocycles. The number of rotatable bonds is 5. The third kappa shape index (κ3) is 3.99. The number of ether oxygens (including phenoxy) is 1. The number of likely N-dealkylation sites (tertiary alicyclic amines) is 1. The van der Waals surface area contributed by atoms with Gasteiger partial charge in [0, 0.05) is 24.7 Å². The summed E-state index contributed by atoms with van der Waals surface area (Å²) < 4.78 is 6.19. The van der Waals surface area contributed by atoms with Gasteiger partial charge < -0.3 is 14.6 Å². The van der Waals surface area contributed by atoms with E-state index in [2.05, 4.69) is 23.7 Å². The molecular weight excluding hydrogens is 300 g/mol. The van der Waals surface area contributed by atoms with Crippen LogP contribution in [0, 0.1) is 12.8 Å². The van der Waals surface area contributed by atoms with E-state index in [1.165, 1.54) is 13.0 Å². The highest BCUT2D eigenvalue weighted by atomic mass is 16.5. The van der Waals surface area contributed by atoms with Gasteiger partial charge in [0.25, 0.3) is 5.56 Å². The zero-order chi connectivity index (χ0) is 17.1. The Labute approximate surface area is 143 Å². The maximum Gasteiger partial charge on any atom is 0.255 e. The van der Waals surface area contributed by atoms with Crippen molar-refractivity contribution < 1.29 is 4.74 Å². The van der Waals surface area contributed by atoms with Crippen molar-refractivity contribution in [3.8, 4) is 5.75 Å². The number of pyridine rings is 1. The van der Waals surface area contributed by atoms with Crippen LogP contribution >= 0.6 is 0 Å². The summed E-state index contributed by atoms with van der Waals surface area (Å²) in [7, 11) is 0. The fourth-order valence-corrected chi connectivity index (χ4v) is 3.33. The SMILES string of the molecule is Cc1c[nH]c(=O)c2ccc(OC3CCN(CCC(C)C)CC3)cc12. The van der Waals surface area contributed by atoms with E-state index >= 15 is 0 Å². The van der Waals surface area contributed by atoms with Gasteiger partial charge in [-0.25, -0.2) is 0 Å². The van der Waals surface area contributed by atoms with Crippen molar-refractivity contribution in [1.82, 2.24) is 9.88 Å². The maximum atomic E-state index is 11.9. The zero-order valence-electron chi connectivity index (χ0n) is 15.0. The van der Waals surface area contributed by atoms with Crippen LogP contribution in [0.2, 0.25) is 0 Å². The Kier molecular flexibility index (Phi) is 5.24. The van der Waals surface area contributed by atoms with Crippen molar-refractivity contribution in [2.75, 3.05) is 19.6 Å². The highest BCUT2D eigenvalue weighted by molar-refractivity contribution is 5.85. The summed E-state index contributed by atoms with van der Waals surface area (Å²) in [5.41, 5.74) is 1.03. The molecule has 0 unspecified atom stereocenters. The van der Waals surface area contributed by atoms with Crippen molar-refractivity contribution in [2.24, 2.45) is 5.92 Å². The Morgan fingerprint density at radius 1 is 1.25 bits per heavy atom. The van der Waals surface area contributed by atoms with Crippen molar-refractivity contribution in [1.29, 1.82) is 0 Å². The summed E-state index contributed by atoms with van der Waals surface area (Å²) in [6.45, 7) is 10.00. The molecule has 4 nitrogen and oxygen atoms in total. The Morgan fingerprint density at radius 3 is 2.71 bits per heavy atom. The van der Waals surface area contributed by atoms with Crippen LogP contribution < -0.4 is 10.3 Å². The van der Waals surface area contributed by atoms with Crippen LogP contribution in [-0.4, -0.2) is 35.6 Å². The maximum absolute atomic E-state index is 11.9. The van der Waals surface area contributed by atoms with E-state index in [1.54, 1.807) is 6.20 Å². The van der Waals surface area contributed by atoms with Gasteiger partial charge in [-0.15, -0.1) is 0 Å². The van der Waals surface area contributed by atoms with Crippen molar-refractivity contribution in [3.05, 3.63) is 40.3 Å². The zero-order valence-corrected chi connectivity index (χ0v) is 15.0. The quantitative estimate of drug-likeness (QED) is 0.910. The Hall–Kier alpha value is -1.81. The summed E-state index contributed by atoms with van der Waals surface area (Å²) in [4.78, 5) is 17.2. The Morgan fingerprint density at radius 2 is 2.00 bits per heavy atom. The first kappa shape index (κ1) is 17.0. The van der Waals surface area contributed by atoms with Crippen LogP contribution in [0.1, 0.15) is 38.7 Å². The molecule has 3 rings (SSSR count). The molecule has 0 saturated carbocycles. The Balaban J connectivity index is 1.62. The molecule has 1 aromatic heterocycles. The fourth-order valence-electron chi connectivity index (χ4n) is 3.33. The molecule has 0 amide bonds. The lowest BCUT2D eigenvalue weighted by Gasteiger charge is -2.32. The molecule has 2 heterocycles. The second kappa shape index (κ2) is 7.39. The van der Waals surface area contributed by atoms with Crippen LogP contribution in [0.3, 0.4) is 0 Å². The van der Waals surface area contributed by atoms with Gasteiger partial charge in [0.15, 0.2) is 0 Å². The van der Waals surface area contributed by atoms with E-state index in [9.17, 15) is 4.79 Å². The first-order valence-electron chi connectivity index (χ1n) is 9.04. The van der Waals surface area contributed by atoms with Crippen molar-refractivity contribution in [3.63, 3.8) is 0 Å². The highest BCUT2D eigenvalue weighted by Crippen LogP contribution is 2.24. The van der Waals surface area contributed by atoms with Gasteiger partial charge in [-0.05, 0) is 67.8 Å². The smallest absolute Gasteiger partial charge is 0.255 e. The number of aromatic amines is 1. The minimum Gasteiger partial charge on any atom is -0.490 e. The average molecular weight is 328 g/mol. The standard InChI is InChI=1S/C20H28N2O2/c1-14(2)6-9-22-10-7-16(8-11-22)24-17-4-5-18-19(12-17)15(3)13-21-20(18)23/h4-5,12-14,16H,6-11H2,1-3H3,(H,21,23). The van der Waals surface area contributed by atoms with Crippen LogP contribution in [0.5, 0.6) is 5.75 Å². The largest absolute Gasteiger partial charge is 0.490 e. The molecule has 1 aliphatic heterocycles. The first-order chi connectivity index (χ1) is 11.5. The molecule has 0 radical (unpaired) electrons. The first-order valence-corrected chi connectivity index (χ1v) is 9.04. The third-order valence-electron chi connectivity index (χ3n) is 4.94. The van der Waals surface area contributed by atoms with Gasteiger partial charge in [0.2, 0.25) is 0 Å². The van der Waals surface area contributed by atoms with E-state index < -0.39 is 0 Å². The Bertz CT molecular complexity index is 743. The van der Waals surface area contributed by atoms with Gasteiger partial charge in [-0.2, -0.15) is 0 Å². The molecule has 1 fully saturated rings. The van der Waals surface area contributed by atoms with Crippen molar-refractivity contribution >= 4 is 10.8 Å². The summed E-state index contributed by atoms with van der Waals surface area (Å²) in [5.74, 6) is 1.64. The van der Waals surface area contributed by atoms with E-state index in [-0.39, 0.29) is 11.7 Å². The number of hydrogen-bond donors (Lipinski definition) is 1. The lowest BCUT2D eigenvalue weighted by Crippen LogP contribution is -2.39. The number of fused-ring (bicyclic) bond motifs is 1. The van der Waals surface area contributed by atoms with Gasteiger partial charge >= 0.3 is 0 Å². The van der Waals surface area contributed by atoms with Crippen LogP contribution in [-0.2, 0) is 0 Å². The minimum atomic E-state index is -0.0411. The molecule has 4 heteroatoms. The highest BCUT2D eigenvalue weighted by Gasteiger charge is 2.20. The number of nitrogens with one attached hydrogen (secondary N) is 1. The number of hydrogen-bond acceptors (Lipinski definition) is 3. The van der Waals surface area contributed by atoms with Gasteiger partial charge in [0.1, 0.15) is 11.9 Å². The molecule has 24 heavy (non-hydrogen) atoms. The van der Waals surface area contributed by atoms with Gasteiger partial charge in [-0.3, -0.25) is 4.79 Å². The average Bonchev–Trinajstić information content (AvgIpc) is 2.58. The lowest BCUT2D eigenvalue weighted by molar-refractivity contribution is 0.0981. The topological polar surface area (TPSA) is 45.3 Å². The number of piperidine rings is 1. The number of aryl methyl sites for hydroxylation is 1. The molecule has 1 N–H and O–H groups in total. The lowest BCUT2D eigenvalue weighted by atomic mass is 10.1. The van der Waals surface area contributed by atoms with Gasteiger partial charge in [0.05, 0.1) is 0 Å². The predicted octanol–water partition coefficient (Wildman–Crippen LogP) is 3.73. The summed E-state index contributed by atoms with van der Waals surface area (Å²) >= 11 is 0. The van der Waals surface area contributed by atoms with E-state index in [0.29, 0.717) is 0 Å². The van der Waals surface area contributed by atoms with Crippen LogP contribution in [0.4, 0.5) is 0 Å². The van der Waals surface area contributed by atoms with Crippen molar-refractivity contribution in [2.45, 2.75) is 46.1 Å². The molecule has 0 spiro atoms. The summed E-state index contributed by atoms with van der Waals surface area (Å²) in [6.07, 6.45) is 5.46. The summed E-state index contributed by atoms with van der Waals surface area (Å²) in [5, 5.41) is 1.71. The predicted molar refractivity (Wildman–Crippen MR) is 98.9 cm³/mol. The minimum absolute atomic E-state index is 0.0411. The molecular formula is C20H28N2O2. The summed E-state index contributed by atoms with van der Waals surface area (Å²) in [6, 6.07) is 5.79. The number of benzene rings is 1. The molecule has 1 aliphatic rings. The normalized spacial score (nSPS) is 16.8. The molecule has 1 aromatic carbocycles. The monoisotopic (exact) mass is 328 g/mol. The number of nitrogens with zero attached hydrogens (tertiary/aromatic N) is 1.